The normalized spacial score (nSPS) is 20.4. The van der Waals surface area contributed by atoms with Crippen LogP contribution in [0, 0.1) is 0 Å². The van der Waals surface area contributed by atoms with Gasteiger partial charge < -0.3 is 10.2 Å². The highest BCUT2D eigenvalue weighted by atomic mass is 16.1. The lowest BCUT2D eigenvalue weighted by Crippen LogP contribution is -2.32. The predicted octanol–water partition coefficient (Wildman–Crippen LogP) is 1.75. The highest BCUT2D eigenvalue weighted by Crippen LogP contribution is 2.26. The van der Waals surface area contributed by atoms with Crippen LogP contribution >= 0.6 is 0 Å². The standard InChI is InChI=1S/C13H18N2O/c1-15(2)12-5-3-10(4-6-12)11-7-8-14-13(16)9-11/h3-6,11H,7-9H2,1-2H3,(H,14,16). The lowest BCUT2D eigenvalue weighted by atomic mass is 9.90. The van der Waals surface area contributed by atoms with Gasteiger partial charge in [0.1, 0.15) is 0 Å². The Morgan fingerprint density at radius 1 is 1.25 bits per heavy atom. The van der Waals surface area contributed by atoms with Gasteiger partial charge in [-0.05, 0) is 30.0 Å². The van der Waals surface area contributed by atoms with Gasteiger partial charge in [0.25, 0.3) is 0 Å². The van der Waals surface area contributed by atoms with Crippen molar-refractivity contribution in [3.8, 4) is 0 Å². The number of benzene rings is 1. The third kappa shape index (κ3) is 2.35. The van der Waals surface area contributed by atoms with E-state index in [1.54, 1.807) is 0 Å². The number of carbonyl (C=O) groups is 1. The van der Waals surface area contributed by atoms with Crippen LogP contribution in [-0.4, -0.2) is 26.5 Å². The van der Waals surface area contributed by atoms with Crippen LogP contribution in [0.25, 0.3) is 0 Å². The van der Waals surface area contributed by atoms with Crippen LogP contribution in [0.2, 0.25) is 0 Å². The summed E-state index contributed by atoms with van der Waals surface area (Å²) in [5.74, 6) is 0.567. The summed E-state index contributed by atoms with van der Waals surface area (Å²) in [6, 6.07) is 8.50. The van der Waals surface area contributed by atoms with Crippen molar-refractivity contribution in [2.75, 3.05) is 25.5 Å². The minimum Gasteiger partial charge on any atom is -0.378 e. The van der Waals surface area contributed by atoms with Crippen molar-refractivity contribution in [2.24, 2.45) is 0 Å². The molecule has 1 N–H and O–H groups in total. The minimum absolute atomic E-state index is 0.174. The summed E-state index contributed by atoms with van der Waals surface area (Å²) in [4.78, 5) is 13.4. The van der Waals surface area contributed by atoms with E-state index in [1.165, 1.54) is 11.3 Å². The van der Waals surface area contributed by atoms with E-state index in [-0.39, 0.29) is 5.91 Å². The molecule has 1 amide bonds. The molecule has 1 fully saturated rings. The molecule has 1 heterocycles. The van der Waals surface area contributed by atoms with Gasteiger partial charge in [-0.2, -0.15) is 0 Å². The van der Waals surface area contributed by atoms with Crippen LogP contribution in [0.3, 0.4) is 0 Å². The summed E-state index contributed by atoms with van der Waals surface area (Å²) in [6.45, 7) is 0.804. The molecule has 1 saturated heterocycles. The Balaban J connectivity index is 2.11. The molecule has 3 heteroatoms. The SMILES string of the molecule is CN(C)c1ccc(C2CCNC(=O)C2)cc1. The summed E-state index contributed by atoms with van der Waals surface area (Å²) < 4.78 is 0. The number of hydrogen-bond acceptors (Lipinski definition) is 2. The van der Waals surface area contributed by atoms with E-state index >= 15 is 0 Å². The fraction of sp³-hybridized carbons (Fsp3) is 0.462. The van der Waals surface area contributed by atoms with Crippen LogP contribution in [0.4, 0.5) is 5.69 Å². The largest absolute Gasteiger partial charge is 0.378 e. The molecule has 1 aliphatic rings. The first kappa shape index (κ1) is 11.0. The van der Waals surface area contributed by atoms with Gasteiger partial charge in [-0.1, -0.05) is 12.1 Å². The minimum atomic E-state index is 0.174. The Hall–Kier alpha value is -1.51. The van der Waals surface area contributed by atoms with E-state index in [9.17, 15) is 4.79 Å². The number of rotatable bonds is 2. The lowest BCUT2D eigenvalue weighted by molar-refractivity contribution is -0.122. The van der Waals surface area contributed by atoms with Gasteiger partial charge >= 0.3 is 0 Å². The second-order valence-corrected chi connectivity index (χ2v) is 4.53. The molecule has 16 heavy (non-hydrogen) atoms. The molecule has 1 aromatic carbocycles. The van der Waals surface area contributed by atoms with E-state index in [1.807, 2.05) is 14.1 Å². The van der Waals surface area contributed by atoms with Gasteiger partial charge in [0.15, 0.2) is 0 Å². The number of carbonyl (C=O) groups excluding carboxylic acids is 1. The van der Waals surface area contributed by atoms with E-state index in [4.69, 9.17) is 0 Å². The number of hydrogen-bond donors (Lipinski definition) is 1. The van der Waals surface area contributed by atoms with Crippen LogP contribution in [-0.2, 0) is 4.79 Å². The Labute approximate surface area is 96.5 Å². The van der Waals surface area contributed by atoms with E-state index < -0.39 is 0 Å². The molecular formula is C13H18N2O. The van der Waals surface area contributed by atoms with Gasteiger partial charge in [-0.3, -0.25) is 4.79 Å². The molecule has 3 nitrogen and oxygen atoms in total. The number of nitrogens with zero attached hydrogens (tertiary/aromatic N) is 1. The summed E-state index contributed by atoms with van der Waals surface area (Å²) in [5.41, 5.74) is 2.48. The zero-order chi connectivity index (χ0) is 11.5. The zero-order valence-electron chi connectivity index (χ0n) is 9.86. The number of amides is 1. The van der Waals surface area contributed by atoms with Gasteiger partial charge in [0.2, 0.25) is 5.91 Å². The van der Waals surface area contributed by atoms with Crippen LogP contribution in [0.15, 0.2) is 24.3 Å². The molecule has 1 atom stereocenters. The van der Waals surface area contributed by atoms with Crippen molar-refractivity contribution in [1.82, 2.24) is 5.32 Å². The molecule has 0 aliphatic carbocycles. The third-order valence-electron chi connectivity index (χ3n) is 3.13. The fourth-order valence-electron chi connectivity index (χ4n) is 2.11. The fourth-order valence-corrected chi connectivity index (χ4v) is 2.11. The highest BCUT2D eigenvalue weighted by Gasteiger charge is 2.20. The first-order valence-electron chi connectivity index (χ1n) is 5.71. The van der Waals surface area contributed by atoms with Gasteiger partial charge in [0.05, 0.1) is 0 Å². The summed E-state index contributed by atoms with van der Waals surface area (Å²) in [6.07, 6.45) is 1.67. The van der Waals surface area contributed by atoms with E-state index in [0.717, 1.165) is 13.0 Å². The average Bonchev–Trinajstić information content (AvgIpc) is 2.29. The maximum absolute atomic E-state index is 11.3. The molecule has 1 aromatic rings. The van der Waals surface area contributed by atoms with Gasteiger partial charge in [-0.25, -0.2) is 0 Å². The average molecular weight is 218 g/mol. The second kappa shape index (κ2) is 4.56. The topological polar surface area (TPSA) is 32.3 Å². The molecule has 0 radical (unpaired) electrons. The highest BCUT2D eigenvalue weighted by molar-refractivity contribution is 5.77. The van der Waals surface area contributed by atoms with Crippen molar-refractivity contribution < 1.29 is 4.79 Å². The molecule has 1 aliphatic heterocycles. The Kier molecular flexibility index (Phi) is 3.13. The van der Waals surface area contributed by atoms with Gasteiger partial charge in [-0.15, -0.1) is 0 Å². The molecule has 0 spiro atoms. The van der Waals surface area contributed by atoms with Crippen LogP contribution in [0.1, 0.15) is 24.3 Å². The van der Waals surface area contributed by atoms with Gasteiger partial charge in [0, 0.05) is 32.7 Å². The second-order valence-electron chi connectivity index (χ2n) is 4.53. The maximum atomic E-state index is 11.3. The number of piperidine rings is 1. The maximum Gasteiger partial charge on any atom is 0.220 e. The molecule has 1 unspecified atom stereocenters. The Morgan fingerprint density at radius 3 is 2.50 bits per heavy atom. The third-order valence-corrected chi connectivity index (χ3v) is 3.13. The van der Waals surface area contributed by atoms with Crippen LogP contribution in [0.5, 0.6) is 0 Å². The predicted molar refractivity (Wildman–Crippen MR) is 65.8 cm³/mol. The quantitative estimate of drug-likeness (QED) is 0.820. The van der Waals surface area contributed by atoms with Crippen molar-refractivity contribution >= 4 is 11.6 Å². The molecule has 0 aromatic heterocycles. The molecule has 86 valence electrons. The van der Waals surface area contributed by atoms with Crippen molar-refractivity contribution in [1.29, 1.82) is 0 Å². The smallest absolute Gasteiger partial charge is 0.220 e. The number of anilines is 1. The molecule has 2 rings (SSSR count). The van der Waals surface area contributed by atoms with Crippen molar-refractivity contribution in [3.05, 3.63) is 29.8 Å². The molecule has 0 saturated carbocycles. The monoisotopic (exact) mass is 218 g/mol. The lowest BCUT2D eigenvalue weighted by Gasteiger charge is -2.23. The Bertz CT molecular complexity index is 370. The zero-order valence-corrected chi connectivity index (χ0v) is 9.86. The first-order valence-corrected chi connectivity index (χ1v) is 5.71. The van der Waals surface area contributed by atoms with E-state index in [2.05, 4.69) is 34.5 Å². The first-order chi connectivity index (χ1) is 7.66. The number of nitrogens with one attached hydrogen (secondary N) is 1. The Morgan fingerprint density at radius 2 is 1.94 bits per heavy atom. The summed E-state index contributed by atoms with van der Waals surface area (Å²) in [5, 5.41) is 2.86. The molecule has 0 bridgehead atoms. The summed E-state index contributed by atoms with van der Waals surface area (Å²) >= 11 is 0. The molecular weight excluding hydrogens is 200 g/mol. The van der Waals surface area contributed by atoms with Crippen molar-refractivity contribution in [2.45, 2.75) is 18.8 Å². The summed E-state index contributed by atoms with van der Waals surface area (Å²) in [7, 11) is 4.06. The van der Waals surface area contributed by atoms with Crippen molar-refractivity contribution in [3.63, 3.8) is 0 Å². The van der Waals surface area contributed by atoms with Crippen LogP contribution < -0.4 is 10.2 Å². The van der Waals surface area contributed by atoms with E-state index in [0.29, 0.717) is 12.3 Å².